The Balaban J connectivity index is 1.35. The predicted octanol–water partition coefficient (Wildman–Crippen LogP) is 4.22. The summed E-state index contributed by atoms with van der Waals surface area (Å²) in [6, 6.07) is 11.6. The zero-order valence-corrected chi connectivity index (χ0v) is 16.6. The largest absolute Gasteiger partial charge is 0.486 e. The second-order valence-corrected chi connectivity index (χ2v) is 8.08. The van der Waals surface area contributed by atoms with Gasteiger partial charge in [0, 0.05) is 34.8 Å². The maximum Gasteiger partial charge on any atom is 0.270 e. The van der Waals surface area contributed by atoms with Crippen molar-refractivity contribution in [3.05, 3.63) is 58.0 Å². The van der Waals surface area contributed by atoms with Gasteiger partial charge in [0.05, 0.1) is 16.4 Å². The molecule has 0 saturated carbocycles. The highest BCUT2D eigenvalue weighted by Crippen LogP contribution is 2.33. The van der Waals surface area contributed by atoms with Crippen LogP contribution in [0.4, 0.5) is 11.4 Å². The van der Waals surface area contributed by atoms with Crippen LogP contribution in [0.25, 0.3) is 11.3 Å². The fourth-order valence-corrected chi connectivity index (χ4v) is 4.32. The highest BCUT2D eigenvalue weighted by atomic mass is 32.2. The average molecular weight is 429 g/mol. The Labute approximate surface area is 174 Å². The number of hydrogen-bond donors (Lipinski definition) is 1. The van der Waals surface area contributed by atoms with Crippen molar-refractivity contribution in [1.82, 2.24) is 4.98 Å². The van der Waals surface area contributed by atoms with Crippen molar-refractivity contribution < 1.29 is 19.2 Å². The van der Waals surface area contributed by atoms with Gasteiger partial charge in [-0.3, -0.25) is 14.9 Å². The number of fused-ring (bicyclic) bond motifs is 1. The molecule has 2 aromatic carbocycles. The molecule has 0 bridgehead atoms. The second kappa shape index (κ2) is 8.50. The van der Waals surface area contributed by atoms with Crippen molar-refractivity contribution in [3.63, 3.8) is 0 Å². The predicted molar refractivity (Wildman–Crippen MR) is 111 cm³/mol. The molecule has 0 unspecified atom stereocenters. The van der Waals surface area contributed by atoms with Crippen LogP contribution in [-0.4, -0.2) is 34.8 Å². The van der Waals surface area contributed by atoms with Gasteiger partial charge in [-0.1, -0.05) is 23.9 Å². The quantitative estimate of drug-likeness (QED) is 0.355. The standard InChI is InChI=1S/C19H15N3O5S2/c23-18(20-13-4-5-16-17(9-13)27-7-6-26-16)11-29-19-21-15(10-28-19)12-2-1-3-14(8-12)22(24)25/h1-5,8-10H,6-7,11H2,(H,20,23). The lowest BCUT2D eigenvalue weighted by atomic mass is 10.1. The molecule has 0 atom stereocenters. The summed E-state index contributed by atoms with van der Waals surface area (Å²) in [5.74, 6) is 1.30. The van der Waals surface area contributed by atoms with Crippen molar-refractivity contribution in [2.75, 3.05) is 24.3 Å². The summed E-state index contributed by atoms with van der Waals surface area (Å²) in [5, 5.41) is 15.6. The number of hydrogen-bond acceptors (Lipinski definition) is 8. The molecule has 4 rings (SSSR count). The van der Waals surface area contributed by atoms with E-state index in [1.165, 1.54) is 35.2 Å². The first-order chi connectivity index (χ1) is 14.1. The SMILES string of the molecule is O=C(CSc1nc(-c2cccc([N+](=O)[O-])c2)cs1)Nc1ccc2c(c1)OCCO2. The fourth-order valence-electron chi connectivity index (χ4n) is 2.68. The molecule has 1 amide bonds. The first-order valence-corrected chi connectivity index (χ1v) is 10.5. The van der Waals surface area contributed by atoms with Crippen LogP contribution >= 0.6 is 23.1 Å². The Bertz CT molecular complexity index is 1070. The van der Waals surface area contributed by atoms with Crippen LogP contribution < -0.4 is 14.8 Å². The minimum absolute atomic E-state index is 0.0171. The van der Waals surface area contributed by atoms with E-state index in [-0.39, 0.29) is 17.3 Å². The number of nitro groups is 1. The third-order valence-corrected chi connectivity index (χ3v) is 6.01. The van der Waals surface area contributed by atoms with E-state index in [4.69, 9.17) is 9.47 Å². The van der Waals surface area contributed by atoms with Gasteiger partial charge in [0.15, 0.2) is 15.8 Å². The number of benzene rings is 2. The normalized spacial score (nSPS) is 12.4. The smallest absolute Gasteiger partial charge is 0.270 e. The van der Waals surface area contributed by atoms with Gasteiger partial charge in [-0.15, -0.1) is 11.3 Å². The number of rotatable bonds is 6. The number of carbonyl (C=O) groups excluding carboxylic acids is 1. The summed E-state index contributed by atoms with van der Waals surface area (Å²) in [7, 11) is 0. The first kappa shape index (κ1) is 19.2. The number of anilines is 1. The minimum Gasteiger partial charge on any atom is -0.486 e. The molecule has 0 spiro atoms. The summed E-state index contributed by atoms with van der Waals surface area (Å²) in [4.78, 5) is 27.2. The molecule has 0 radical (unpaired) electrons. The molecule has 29 heavy (non-hydrogen) atoms. The highest BCUT2D eigenvalue weighted by molar-refractivity contribution is 8.01. The number of nitrogens with one attached hydrogen (secondary N) is 1. The summed E-state index contributed by atoms with van der Waals surface area (Å²) in [6.07, 6.45) is 0. The number of thioether (sulfide) groups is 1. The molecule has 148 valence electrons. The third-order valence-electron chi connectivity index (χ3n) is 3.99. The molecule has 3 aromatic rings. The fraction of sp³-hybridized carbons (Fsp3) is 0.158. The molecule has 1 aliphatic rings. The van der Waals surface area contributed by atoms with E-state index in [1.807, 2.05) is 5.38 Å². The first-order valence-electron chi connectivity index (χ1n) is 8.61. The van der Waals surface area contributed by atoms with Gasteiger partial charge in [0.2, 0.25) is 5.91 Å². The van der Waals surface area contributed by atoms with Gasteiger partial charge in [0.1, 0.15) is 13.2 Å². The minimum atomic E-state index is -0.437. The number of ether oxygens (including phenoxy) is 2. The summed E-state index contributed by atoms with van der Waals surface area (Å²) in [6.45, 7) is 0.999. The summed E-state index contributed by atoms with van der Waals surface area (Å²) in [5.41, 5.74) is 1.97. The number of amides is 1. The van der Waals surface area contributed by atoms with E-state index in [1.54, 1.807) is 30.3 Å². The number of aromatic nitrogens is 1. The number of non-ortho nitro benzene ring substituents is 1. The van der Waals surface area contributed by atoms with E-state index in [0.29, 0.717) is 46.0 Å². The van der Waals surface area contributed by atoms with E-state index < -0.39 is 4.92 Å². The lowest BCUT2D eigenvalue weighted by Crippen LogP contribution is -2.17. The zero-order valence-electron chi connectivity index (χ0n) is 15.0. The molecule has 1 aliphatic heterocycles. The Morgan fingerprint density at radius 1 is 1.21 bits per heavy atom. The third kappa shape index (κ3) is 4.66. The van der Waals surface area contributed by atoms with Gasteiger partial charge in [-0.25, -0.2) is 4.98 Å². The van der Waals surface area contributed by atoms with Crippen LogP contribution in [0.15, 0.2) is 52.2 Å². The van der Waals surface area contributed by atoms with Gasteiger partial charge < -0.3 is 14.8 Å². The van der Waals surface area contributed by atoms with Crippen LogP contribution in [0.1, 0.15) is 0 Å². The molecule has 8 nitrogen and oxygen atoms in total. The van der Waals surface area contributed by atoms with Gasteiger partial charge in [-0.2, -0.15) is 0 Å². The van der Waals surface area contributed by atoms with Crippen molar-refractivity contribution >= 4 is 40.4 Å². The van der Waals surface area contributed by atoms with Crippen LogP contribution in [0, 0.1) is 10.1 Å². The molecular weight excluding hydrogens is 414 g/mol. The molecule has 0 aliphatic carbocycles. The number of nitrogens with zero attached hydrogens (tertiary/aromatic N) is 2. The molecule has 0 saturated heterocycles. The van der Waals surface area contributed by atoms with Crippen molar-refractivity contribution in [2.45, 2.75) is 4.34 Å². The zero-order chi connectivity index (χ0) is 20.2. The Morgan fingerprint density at radius 2 is 2.03 bits per heavy atom. The number of thiazole rings is 1. The monoisotopic (exact) mass is 429 g/mol. The van der Waals surface area contributed by atoms with Gasteiger partial charge in [0.25, 0.3) is 5.69 Å². The molecule has 1 aromatic heterocycles. The van der Waals surface area contributed by atoms with Crippen LogP contribution in [0.5, 0.6) is 11.5 Å². The molecule has 1 N–H and O–H groups in total. The maximum atomic E-state index is 12.2. The lowest BCUT2D eigenvalue weighted by molar-refractivity contribution is -0.384. The summed E-state index contributed by atoms with van der Waals surface area (Å²) >= 11 is 2.70. The van der Waals surface area contributed by atoms with Crippen LogP contribution in [0.2, 0.25) is 0 Å². The highest BCUT2D eigenvalue weighted by Gasteiger charge is 2.14. The van der Waals surface area contributed by atoms with E-state index in [2.05, 4.69) is 10.3 Å². The van der Waals surface area contributed by atoms with Gasteiger partial charge >= 0.3 is 0 Å². The van der Waals surface area contributed by atoms with Gasteiger partial charge in [-0.05, 0) is 12.1 Å². The topological polar surface area (TPSA) is 104 Å². The number of nitro benzene ring substituents is 1. The van der Waals surface area contributed by atoms with E-state index in [0.717, 1.165) is 0 Å². The van der Waals surface area contributed by atoms with Crippen molar-refractivity contribution in [1.29, 1.82) is 0 Å². The average Bonchev–Trinajstić information content (AvgIpc) is 3.21. The molecule has 10 heteroatoms. The lowest BCUT2D eigenvalue weighted by Gasteiger charge is -2.18. The Hall–Kier alpha value is -3.11. The molecule has 0 fully saturated rings. The number of carbonyl (C=O) groups is 1. The summed E-state index contributed by atoms with van der Waals surface area (Å²) < 4.78 is 11.7. The maximum absolute atomic E-state index is 12.2. The van der Waals surface area contributed by atoms with Crippen molar-refractivity contribution in [3.8, 4) is 22.8 Å². The van der Waals surface area contributed by atoms with E-state index in [9.17, 15) is 14.9 Å². The molecule has 2 heterocycles. The van der Waals surface area contributed by atoms with Crippen molar-refractivity contribution in [2.24, 2.45) is 0 Å². The molecular formula is C19H15N3O5S2. The Kier molecular flexibility index (Phi) is 5.63. The van der Waals surface area contributed by atoms with Crippen LogP contribution in [-0.2, 0) is 4.79 Å². The van der Waals surface area contributed by atoms with E-state index >= 15 is 0 Å². The Morgan fingerprint density at radius 3 is 2.86 bits per heavy atom. The van der Waals surface area contributed by atoms with Crippen LogP contribution in [0.3, 0.4) is 0 Å². The second-order valence-electron chi connectivity index (χ2n) is 6.00.